The molecule has 2 aromatic carbocycles. The van der Waals surface area contributed by atoms with E-state index in [2.05, 4.69) is 0 Å². The highest BCUT2D eigenvalue weighted by molar-refractivity contribution is 6.24. The summed E-state index contributed by atoms with van der Waals surface area (Å²) in [6, 6.07) is 11.8. The van der Waals surface area contributed by atoms with Crippen molar-refractivity contribution in [2.45, 2.75) is 32.9 Å². The van der Waals surface area contributed by atoms with Gasteiger partial charge in [0.15, 0.2) is 5.78 Å². The summed E-state index contributed by atoms with van der Waals surface area (Å²) in [6.45, 7) is 5.44. The highest BCUT2D eigenvalue weighted by Gasteiger charge is 2.65. The van der Waals surface area contributed by atoms with Gasteiger partial charge in [-0.05, 0) is 29.3 Å². The van der Waals surface area contributed by atoms with E-state index < -0.39 is 40.2 Å². The van der Waals surface area contributed by atoms with Gasteiger partial charge in [-0.2, -0.15) is 0 Å². The van der Waals surface area contributed by atoms with Crippen molar-refractivity contribution in [1.82, 2.24) is 4.90 Å². The SMILES string of the molecule is CC(C)(C)C(=O)[C@@H]1[C@@H]2C(=O)N(c3ccc([N+](=O)[O-])cc3)C(=O)[C@@H]2[C@@H]2c3ccccc3C=CN12. The molecular weight excluding hydrogens is 422 g/mol. The molecule has 168 valence electrons. The van der Waals surface area contributed by atoms with Gasteiger partial charge in [0.25, 0.3) is 5.69 Å². The second-order valence-electron chi connectivity index (χ2n) is 9.73. The molecule has 2 aromatic rings. The summed E-state index contributed by atoms with van der Waals surface area (Å²) in [5.41, 5.74) is 1.30. The number of carbonyl (C=O) groups is 3. The Morgan fingerprint density at radius 2 is 1.61 bits per heavy atom. The maximum absolute atomic E-state index is 13.7. The van der Waals surface area contributed by atoms with Crippen LogP contribution in [-0.4, -0.2) is 33.5 Å². The molecule has 0 bridgehead atoms. The van der Waals surface area contributed by atoms with Crippen molar-refractivity contribution in [3.63, 3.8) is 0 Å². The van der Waals surface area contributed by atoms with Gasteiger partial charge in [-0.25, -0.2) is 4.90 Å². The Morgan fingerprint density at radius 1 is 0.970 bits per heavy atom. The Hall–Kier alpha value is -3.81. The molecule has 0 unspecified atom stereocenters. The summed E-state index contributed by atoms with van der Waals surface area (Å²) in [4.78, 5) is 54.4. The molecule has 2 amide bonds. The van der Waals surface area contributed by atoms with E-state index in [4.69, 9.17) is 0 Å². The van der Waals surface area contributed by atoms with E-state index >= 15 is 0 Å². The van der Waals surface area contributed by atoms with Gasteiger partial charge in [-0.1, -0.05) is 45.0 Å². The van der Waals surface area contributed by atoms with Crippen LogP contribution in [0, 0.1) is 27.4 Å². The molecule has 0 N–H and O–H groups in total. The zero-order valence-corrected chi connectivity index (χ0v) is 18.5. The van der Waals surface area contributed by atoms with Gasteiger partial charge in [-0.3, -0.25) is 24.5 Å². The van der Waals surface area contributed by atoms with Gasteiger partial charge in [0.2, 0.25) is 11.8 Å². The number of carbonyl (C=O) groups excluding carboxylic acids is 3. The Kier molecular flexibility index (Phi) is 4.53. The number of hydrogen-bond donors (Lipinski definition) is 0. The van der Waals surface area contributed by atoms with Gasteiger partial charge in [0.1, 0.15) is 6.04 Å². The molecule has 0 radical (unpaired) electrons. The first kappa shape index (κ1) is 21.1. The number of anilines is 1. The number of nitro groups is 1. The lowest BCUT2D eigenvalue weighted by Gasteiger charge is -2.37. The van der Waals surface area contributed by atoms with Crippen LogP contribution in [0.15, 0.2) is 54.7 Å². The summed E-state index contributed by atoms with van der Waals surface area (Å²) in [6.07, 6.45) is 3.75. The highest BCUT2D eigenvalue weighted by atomic mass is 16.6. The van der Waals surface area contributed by atoms with Crippen LogP contribution in [0.2, 0.25) is 0 Å². The van der Waals surface area contributed by atoms with Crippen molar-refractivity contribution in [3.05, 3.63) is 76.0 Å². The van der Waals surface area contributed by atoms with Gasteiger partial charge in [0, 0.05) is 23.7 Å². The number of nitro benzene ring substituents is 1. The number of rotatable bonds is 3. The molecule has 0 aromatic heterocycles. The highest BCUT2D eigenvalue weighted by Crippen LogP contribution is 2.54. The minimum absolute atomic E-state index is 0.101. The molecule has 2 saturated heterocycles. The minimum Gasteiger partial charge on any atom is -0.359 e. The number of amides is 2. The lowest BCUT2D eigenvalue weighted by molar-refractivity contribution is -0.384. The van der Waals surface area contributed by atoms with E-state index in [1.807, 2.05) is 62.2 Å². The molecule has 8 heteroatoms. The third-order valence-electron chi connectivity index (χ3n) is 6.79. The molecule has 3 heterocycles. The Labute approximate surface area is 190 Å². The summed E-state index contributed by atoms with van der Waals surface area (Å²) in [5.74, 6) is -2.49. The molecule has 0 spiro atoms. The predicted molar refractivity (Wildman–Crippen MR) is 121 cm³/mol. The van der Waals surface area contributed by atoms with Crippen LogP contribution in [0.25, 0.3) is 6.08 Å². The largest absolute Gasteiger partial charge is 0.359 e. The average molecular weight is 445 g/mol. The van der Waals surface area contributed by atoms with Gasteiger partial charge < -0.3 is 4.90 Å². The fraction of sp³-hybridized carbons (Fsp3) is 0.320. The lowest BCUT2D eigenvalue weighted by atomic mass is 9.79. The normalized spacial score (nSPS) is 25.7. The van der Waals surface area contributed by atoms with Crippen molar-refractivity contribution >= 4 is 35.0 Å². The van der Waals surface area contributed by atoms with Crippen LogP contribution in [0.5, 0.6) is 0 Å². The number of hydrogen-bond acceptors (Lipinski definition) is 6. The van der Waals surface area contributed by atoms with Gasteiger partial charge in [-0.15, -0.1) is 0 Å². The number of imide groups is 1. The molecule has 2 fully saturated rings. The maximum Gasteiger partial charge on any atom is 0.269 e. The third-order valence-corrected chi connectivity index (χ3v) is 6.79. The number of nitrogens with zero attached hydrogens (tertiary/aromatic N) is 3. The summed E-state index contributed by atoms with van der Waals surface area (Å²) >= 11 is 0. The van der Waals surface area contributed by atoms with Crippen LogP contribution >= 0.6 is 0 Å². The van der Waals surface area contributed by atoms with Crippen LogP contribution in [0.3, 0.4) is 0 Å². The summed E-state index contributed by atoms with van der Waals surface area (Å²) in [7, 11) is 0. The minimum atomic E-state index is -0.833. The standard InChI is InChI=1S/C25H23N3O5/c1-25(2,3)22(29)21-19-18(20-17-7-5-4-6-14(17)12-13-26(20)21)23(30)27(24(19)31)15-8-10-16(11-9-15)28(32)33/h4-13,18-21H,1-3H3/t18-,19+,20-,21-/m0/s1. The first-order valence-electron chi connectivity index (χ1n) is 10.8. The predicted octanol–water partition coefficient (Wildman–Crippen LogP) is 3.73. The number of benzene rings is 2. The second kappa shape index (κ2) is 7.10. The fourth-order valence-electron chi connectivity index (χ4n) is 5.28. The van der Waals surface area contributed by atoms with Crippen molar-refractivity contribution in [2.75, 3.05) is 4.90 Å². The van der Waals surface area contributed by atoms with E-state index in [0.29, 0.717) is 0 Å². The number of ketones is 1. The average Bonchev–Trinajstić information content (AvgIpc) is 3.25. The zero-order chi connectivity index (χ0) is 23.7. The third kappa shape index (κ3) is 3.01. The fourth-order valence-corrected chi connectivity index (χ4v) is 5.28. The lowest BCUT2D eigenvalue weighted by Crippen LogP contribution is -2.47. The molecule has 33 heavy (non-hydrogen) atoms. The Bertz CT molecular complexity index is 1230. The molecule has 0 aliphatic carbocycles. The van der Waals surface area contributed by atoms with Crippen LogP contribution in [0.1, 0.15) is 37.9 Å². The molecule has 8 nitrogen and oxygen atoms in total. The smallest absolute Gasteiger partial charge is 0.269 e. The van der Waals surface area contributed by atoms with E-state index in [-0.39, 0.29) is 23.1 Å². The molecular formula is C25H23N3O5. The monoisotopic (exact) mass is 445 g/mol. The number of fused-ring (bicyclic) bond motifs is 5. The maximum atomic E-state index is 13.7. The van der Waals surface area contributed by atoms with E-state index in [0.717, 1.165) is 16.0 Å². The molecule has 3 aliphatic rings. The summed E-state index contributed by atoms with van der Waals surface area (Å²) in [5, 5.41) is 11.0. The van der Waals surface area contributed by atoms with Crippen molar-refractivity contribution < 1.29 is 19.3 Å². The van der Waals surface area contributed by atoms with Crippen LogP contribution in [0.4, 0.5) is 11.4 Å². The molecule has 0 saturated carbocycles. The molecule has 3 aliphatic heterocycles. The van der Waals surface area contributed by atoms with Gasteiger partial charge >= 0.3 is 0 Å². The second-order valence-corrected chi connectivity index (χ2v) is 9.73. The number of non-ortho nitro benzene ring substituents is 1. The first-order chi connectivity index (χ1) is 15.6. The summed E-state index contributed by atoms with van der Waals surface area (Å²) < 4.78 is 0. The van der Waals surface area contributed by atoms with E-state index in [1.54, 1.807) is 0 Å². The Morgan fingerprint density at radius 3 is 2.24 bits per heavy atom. The number of Topliss-reactive ketones (excluding diaryl/α,β-unsaturated/α-hetero) is 1. The Balaban J connectivity index is 1.63. The van der Waals surface area contributed by atoms with Gasteiger partial charge in [0.05, 0.1) is 28.5 Å². The molecule has 4 atom stereocenters. The quantitative estimate of drug-likeness (QED) is 0.405. The van der Waals surface area contributed by atoms with Crippen molar-refractivity contribution in [1.29, 1.82) is 0 Å². The topological polar surface area (TPSA) is 101 Å². The van der Waals surface area contributed by atoms with Crippen molar-refractivity contribution in [3.8, 4) is 0 Å². The van der Waals surface area contributed by atoms with Crippen molar-refractivity contribution in [2.24, 2.45) is 17.3 Å². The zero-order valence-electron chi connectivity index (χ0n) is 18.5. The molecule has 5 rings (SSSR count). The van der Waals surface area contributed by atoms with Crippen LogP contribution < -0.4 is 4.90 Å². The van der Waals surface area contributed by atoms with Crippen LogP contribution in [-0.2, 0) is 14.4 Å². The van der Waals surface area contributed by atoms with E-state index in [9.17, 15) is 24.5 Å². The first-order valence-corrected chi connectivity index (χ1v) is 10.8. The van der Waals surface area contributed by atoms with E-state index in [1.165, 1.54) is 24.3 Å².